The lowest BCUT2D eigenvalue weighted by Gasteiger charge is -2.26. The fraction of sp³-hybridized carbons (Fsp3) is 0.500. The highest BCUT2D eigenvalue weighted by Crippen LogP contribution is 2.18. The molecule has 3 rings (SSSR count). The average molecular weight is 319 g/mol. The van der Waals surface area contributed by atoms with Crippen LogP contribution >= 0.6 is 0 Å². The number of nitrogens with one attached hydrogen (secondary N) is 1. The summed E-state index contributed by atoms with van der Waals surface area (Å²) in [5.41, 5.74) is 0.358. The second-order valence-corrected chi connectivity index (χ2v) is 5.41. The van der Waals surface area contributed by atoms with Crippen LogP contribution in [0.25, 0.3) is 10.9 Å². The number of benzene rings is 1. The van der Waals surface area contributed by atoms with Crippen molar-refractivity contribution in [2.45, 2.75) is 6.42 Å². The number of morpholine rings is 1. The van der Waals surface area contributed by atoms with Gasteiger partial charge in [-0.25, -0.2) is 0 Å². The molecule has 2 aromatic rings. The van der Waals surface area contributed by atoms with E-state index in [0.29, 0.717) is 23.3 Å². The van der Waals surface area contributed by atoms with Crippen LogP contribution in [-0.4, -0.2) is 61.4 Å². The lowest BCUT2D eigenvalue weighted by atomic mass is 10.2. The number of hydrogen-bond acceptors (Lipinski definition) is 6. The molecule has 1 aromatic carbocycles. The minimum Gasteiger partial charge on any atom is -0.494 e. The van der Waals surface area contributed by atoms with Crippen molar-refractivity contribution in [2.24, 2.45) is 0 Å². The maximum Gasteiger partial charge on any atom is 0.296 e. The summed E-state index contributed by atoms with van der Waals surface area (Å²) in [6.07, 6.45) is 0.940. The first kappa shape index (κ1) is 15.8. The molecule has 23 heavy (non-hydrogen) atoms. The third-order valence-electron chi connectivity index (χ3n) is 3.84. The second-order valence-electron chi connectivity index (χ2n) is 5.41. The van der Waals surface area contributed by atoms with Gasteiger partial charge in [-0.1, -0.05) is 0 Å². The van der Waals surface area contributed by atoms with Gasteiger partial charge in [-0.2, -0.15) is 4.98 Å². The molecule has 0 radical (unpaired) electrons. The molecule has 1 aliphatic rings. The van der Waals surface area contributed by atoms with Crippen molar-refractivity contribution < 1.29 is 14.2 Å². The minimum atomic E-state index is -0.231. The van der Waals surface area contributed by atoms with Crippen LogP contribution in [0.5, 0.6) is 11.8 Å². The quantitative estimate of drug-likeness (QED) is 0.802. The Labute approximate surface area is 134 Å². The lowest BCUT2D eigenvalue weighted by Crippen LogP contribution is -2.37. The summed E-state index contributed by atoms with van der Waals surface area (Å²) >= 11 is 0. The summed E-state index contributed by atoms with van der Waals surface area (Å²) in [5.74, 6) is 0.678. The number of methoxy groups -OCH3 is 1. The van der Waals surface area contributed by atoms with Gasteiger partial charge in [0.2, 0.25) is 0 Å². The van der Waals surface area contributed by atoms with Crippen molar-refractivity contribution >= 4 is 10.9 Å². The van der Waals surface area contributed by atoms with Gasteiger partial charge in [-0.3, -0.25) is 14.7 Å². The Morgan fingerprint density at radius 3 is 2.96 bits per heavy atom. The minimum absolute atomic E-state index is 0.210. The van der Waals surface area contributed by atoms with Gasteiger partial charge in [0.1, 0.15) is 5.75 Å². The molecular formula is C16H21N3O4. The Kier molecular flexibility index (Phi) is 5.09. The van der Waals surface area contributed by atoms with Crippen LogP contribution in [0.3, 0.4) is 0 Å². The van der Waals surface area contributed by atoms with Crippen molar-refractivity contribution in [2.75, 3.05) is 46.6 Å². The van der Waals surface area contributed by atoms with Crippen molar-refractivity contribution in [3.05, 3.63) is 28.6 Å². The predicted octanol–water partition coefficient (Wildman–Crippen LogP) is 1.03. The zero-order valence-electron chi connectivity index (χ0n) is 13.2. The van der Waals surface area contributed by atoms with E-state index >= 15 is 0 Å². The van der Waals surface area contributed by atoms with Crippen LogP contribution in [0, 0.1) is 0 Å². The molecule has 1 aliphatic heterocycles. The molecule has 2 heterocycles. The summed E-state index contributed by atoms with van der Waals surface area (Å²) < 4.78 is 16.0. The summed E-state index contributed by atoms with van der Waals surface area (Å²) in [6.45, 7) is 5.20. The zero-order chi connectivity index (χ0) is 16.1. The highest BCUT2D eigenvalue weighted by Gasteiger charge is 2.10. The van der Waals surface area contributed by atoms with Crippen molar-refractivity contribution in [3.8, 4) is 11.8 Å². The number of aromatic nitrogens is 2. The Balaban J connectivity index is 1.58. The van der Waals surface area contributed by atoms with Crippen LogP contribution < -0.4 is 15.0 Å². The van der Waals surface area contributed by atoms with E-state index in [1.165, 1.54) is 7.11 Å². The Bertz CT molecular complexity index is 710. The van der Waals surface area contributed by atoms with E-state index in [0.717, 1.165) is 39.3 Å². The molecule has 0 bridgehead atoms. The monoisotopic (exact) mass is 319 g/mol. The van der Waals surface area contributed by atoms with E-state index in [1.807, 2.05) is 6.07 Å². The summed E-state index contributed by atoms with van der Waals surface area (Å²) in [5, 5.41) is 0.497. The highest BCUT2D eigenvalue weighted by molar-refractivity contribution is 5.79. The molecule has 1 saturated heterocycles. The smallest absolute Gasteiger partial charge is 0.296 e. The van der Waals surface area contributed by atoms with Crippen LogP contribution in [0.4, 0.5) is 0 Å². The number of ether oxygens (including phenoxy) is 3. The standard InChI is InChI=1S/C16H21N3O4/c1-21-16-17-14-4-3-12(11-13(14)15(20)18-16)23-8-2-5-19-6-9-22-10-7-19/h3-4,11H,2,5-10H2,1H3,(H,17,18,20). The Morgan fingerprint density at radius 1 is 1.35 bits per heavy atom. The van der Waals surface area contributed by atoms with Crippen LogP contribution in [0.2, 0.25) is 0 Å². The lowest BCUT2D eigenvalue weighted by molar-refractivity contribution is 0.0358. The molecule has 0 spiro atoms. The van der Waals surface area contributed by atoms with Crippen LogP contribution in [-0.2, 0) is 4.74 Å². The largest absolute Gasteiger partial charge is 0.494 e. The maximum absolute atomic E-state index is 12.0. The van der Waals surface area contributed by atoms with Crippen LogP contribution in [0.1, 0.15) is 6.42 Å². The summed E-state index contributed by atoms with van der Waals surface area (Å²) in [7, 11) is 1.47. The first-order valence-corrected chi connectivity index (χ1v) is 7.77. The summed E-state index contributed by atoms with van der Waals surface area (Å²) in [4.78, 5) is 21.1. The van der Waals surface area contributed by atoms with Crippen LogP contribution in [0.15, 0.2) is 23.0 Å². The van der Waals surface area contributed by atoms with Gasteiger partial charge in [0.15, 0.2) is 0 Å². The number of aromatic amines is 1. The molecule has 0 amide bonds. The molecule has 7 nitrogen and oxygen atoms in total. The Morgan fingerprint density at radius 2 is 2.17 bits per heavy atom. The molecular weight excluding hydrogens is 298 g/mol. The van der Waals surface area contributed by atoms with E-state index in [1.54, 1.807) is 12.1 Å². The summed E-state index contributed by atoms with van der Waals surface area (Å²) in [6, 6.07) is 5.52. The molecule has 124 valence electrons. The van der Waals surface area contributed by atoms with Crippen molar-refractivity contribution in [3.63, 3.8) is 0 Å². The van der Waals surface area contributed by atoms with E-state index in [-0.39, 0.29) is 11.6 Å². The topological polar surface area (TPSA) is 76.7 Å². The SMILES string of the molecule is COc1nc2ccc(OCCCN3CCOCC3)cc2c(=O)[nH]1. The van der Waals surface area contributed by atoms with E-state index in [4.69, 9.17) is 14.2 Å². The Hall–Kier alpha value is -2.12. The molecule has 0 aliphatic carbocycles. The van der Waals surface area contributed by atoms with Gasteiger partial charge < -0.3 is 14.2 Å². The first-order valence-electron chi connectivity index (χ1n) is 7.77. The van der Waals surface area contributed by atoms with Gasteiger partial charge in [0.25, 0.3) is 11.6 Å². The van der Waals surface area contributed by atoms with Gasteiger partial charge in [0, 0.05) is 19.6 Å². The third-order valence-corrected chi connectivity index (χ3v) is 3.84. The van der Waals surface area contributed by atoms with Crippen molar-refractivity contribution in [1.82, 2.24) is 14.9 Å². The molecule has 1 aromatic heterocycles. The van der Waals surface area contributed by atoms with Crippen molar-refractivity contribution in [1.29, 1.82) is 0 Å². The van der Waals surface area contributed by atoms with Gasteiger partial charge >= 0.3 is 0 Å². The second kappa shape index (κ2) is 7.43. The zero-order valence-corrected chi connectivity index (χ0v) is 13.2. The van der Waals surface area contributed by atoms with E-state index in [2.05, 4.69) is 14.9 Å². The maximum atomic E-state index is 12.0. The molecule has 1 fully saturated rings. The molecule has 7 heteroatoms. The predicted molar refractivity (Wildman–Crippen MR) is 86.3 cm³/mol. The van der Waals surface area contributed by atoms with Gasteiger partial charge in [0.05, 0.1) is 37.8 Å². The number of rotatable bonds is 6. The average Bonchev–Trinajstić information content (AvgIpc) is 2.60. The van der Waals surface area contributed by atoms with Gasteiger partial charge in [-0.05, 0) is 24.6 Å². The van der Waals surface area contributed by atoms with E-state index in [9.17, 15) is 4.79 Å². The highest BCUT2D eigenvalue weighted by atomic mass is 16.5. The fourth-order valence-corrected chi connectivity index (χ4v) is 2.59. The normalized spacial score (nSPS) is 15.7. The molecule has 0 unspecified atom stereocenters. The number of hydrogen-bond donors (Lipinski definition) is 1. The first-order chi connectivity index (χ1) is 11.3. The third kappa shape index (κ3) is 4.00. The molecule has 0 atom stereocenters. The molecule has 0 saturated carbocycles. The molecule has 1 N–H and O–H groups in total. The number of nitrogens with zero attached hydrogens (tertiary/aromatic N) is 2. The van der Waals surface area contributed by atoms with E-state index < -0.39 is 0 Å². The number of H-pyrrole nitrogens is 1. The van der Waals surface area contributed by atoms with Gasteiger partial charge in [-0.15, -0.1) is 0 Å². The fourth-order valence-electron chi connectivity index (χ4n) is 2.59. The number of fused-ring (bicyclic) bond motifs is 1.